The molecule has 0 amide bonds. The molecule has 0 unspecified atom stereocenters. The van der Waals surface area contributed by atoms with Crippen molar-refractivity contribution in [1.82, 2.24) is 10.3 Å². The Balaban J connectivity index is 1.73. The van der Waals surface area contributed by atoms with E-state index in [1.165, 1.54) is 16.7 Å². The van der Waals surface area contributed by atoms with Crippen molar-refractivity contribution in [3.8, 4) is 0 Å². The van der Waals surface area contributed by atoms with Crippen LogP contribution < -0.4 is 11.1 Å². The zero-order valence-electron chi connectivity index (χ0n) is 13.3. The summed E-state index contributed by atoms with van der Waals surface area (Å²) in [6.07, 6.45) is 3.55. The molecule has 1 aromatic heterocycles. The lowest BCUT2D eigenvalue weighted by molar-refractivity contribution is 0.836. The van der Waals surface area contributed by atoms with Crippen molar-refractivity contribution in [1.29, 1.82) is 0 Å². The number of aryl methyl sites for hydroxylation is 2. The van der Waals surface area contributed by atoms with Crippen LogP contribution in [0.15, 0.2) is 47.6 Å². The van der Waals surface area contributed by atoms with Gasteiger partial charge in [-0.2, -0.15) is 0 Å². The lowest BCUT2D eigenvalue weighted by atomic mass is 10.0. The predicted molar refractivity (Wildman–Crippen MR) is 92.1 cm³/mol. The third kappa shape index (κ3) is 5.20. The second-order valence-corrected chi connectivity index (χ2v) is 5.44. The molecule has 22 heavy (non-hydrogen) atoms. The number of aliphatic imine (C=N–C) groups is 1. The Morgan fingerprint density at radius 1 is 1.18 bits per heavy atom. The number of pyridine rings is 1. The molecular weight excluding hydrogens is 272 g/mol. The number of hydrogen-bond acceptors (Lipinski definition) is 2. The third-order valence-electron chi connectivity index (χ3n) is 3.57. The van der Waals surface area contributed by atoms with Gasteiger partial charge in [-0.1, -0.05) is 29.8 Å². The topological polar surface area (TPSA) is 63.3 Å². The van der Waals surface area contributed by atoms with Crippen LogP contribution in [-0.2, 0) is 12.8 Å². The average molecular weight is 296 g/mol. The first-order valence-corrected chi connectivity index (χ1v) is 7.65. The quantitative estimate of drug-likeness (QED) is 0.635. The van der Waals surface area contributed by atoms with E-state index in [1.54, 1.807) is 6.20 Å². The van der Waals surface area contributed by atoms with Gasteiger partial charge in [0.05, 0.1) is 0 Å². The number of nitrogens with one attached hydrogen (secondary N) is 1. The fourth-order valence-corrected chi connectivity index (χ4v) is 2.34. The van der Waals surface area contributed by atoms with Gasteiger partial charge in [-0.15, -0.1) is 0 Å². The van der Waals surface area contributed by atoms with E-state index in [-0.39, 0.29) is 0 Å². The van der Waals surface area contributed by atoms with E-state index in [2.05, 4.69) is 47.3 Å². The zero-order chi connectivity index (χ0) is 15.8. The van der Waals surface area contributed by atoms with Gasteiger partial charge in [0.15, 0.2) is 5.96 Å². The molecule has 1 aromatic carbocycles. The van der Waals surface area contributed by atoms with Gasteiger partial charge in [0.2, 0.25) is 0 Å². The largest absolute Gasteiger partial charge is 0.370 e. The summed E-state index contributed by atoms with van der Waals surface area (Å²) in [6.45, 7) is 5.70. The van der Waals surface area contributed by atoms with Crippen molar-refractivity contribution < 1.29 is 0 Å². The molecule has 0 atom stereocenters. The van der Waals surface area contributed by atoms with Gasteiger partial charge >= 0.3 is 0 Å². The molecule has 0 saturated heterocycles. The van der Waals surface area contributed by atoms with E-state index in [0.29, 0.717) is 12.5 Å². The lowest BCUT2D eigenvalue weighted by Crippen LogP contribution is -2.33. The summed E-state index contributed by atoms with van der Waals surface area (Å²) in [6, 6.07) is 12.4. The number of benzene rings is 1. The molecule has 0 aliphatic heterocycles. The van der Waals surface area contributed by atoms with Gasteiger partial charge in [0.25, 0.3) is 0 Å². The summed E-state index contributed by atoms with van der Waals surface area (Å²) < 4.78 is 0. The van der Waals surface area contributed by atoms with Crippen molar-refractivity contribution in [3.63, 3.8) is 0 Å². The fourth-order valence-electron chi connectivity index (χ4n) is 2.34. The molecule has 0 bridgehead atoms. The van der Waals surface area contributed by atoms with E-state index in [0.717, 1.165) is 25.1 Å². The molecule has 0 radical (unpaired) electrons. The van der Waals surface area contributed by atoms with Crippen LogP contribution in [0.1, 0.15) is 22.4 Å². The summed E-state index contributed by atoms with van der Waals surface area (Å²) >= 11 is 0. The number of nitrogens with two attached hydrogens (primary N) is 1. The number of nitrogens with zero attached hydrogens (tertiary/aromatic N) is 2. The van der Waals surface area contributed by atoms with Crippen LogP contribution >= 0.6 is 0 Å². The van der Waals surface area contributed by atoms with Crippen molar-refractivity contribution in [2.45, 2.75) is 26.7 Å². The van der Waals surface area contributed by atoms with Crippen LogP contribution in [0.5, 0.6) is 0 Å². The van der Waals surface area contributed by atoms with Crippen LogP contribution in [-0.4, -0.2) is 24.0 Å². The summed E-state index contributed by atoms with van der Waals surface area (Å²) in [5.41, 5.74) is 10.9. The van der Waals surface area contributed by atoms with E-state index in [9.17, 15) is 0 Å². The first-order valence-electron chi connectivity index (χ1n) is 7.65. The van der Waals surface area contributed by atoms with Crippen molar-refractivity contribution in [2.24, 2.45) is 10.7 Å². The molecule has 0 aliphatic rings. The molecule has 2 aromatic rings. The van der Waals surface area contributed by atoms with E-state index >= 15 is 0 Å². The molecule has 116 valence electrons. The van der Waals surface area contributed by atoms with Gasteiger partial charge in [-0.25, -0.2) is 0 Å². The maximum absolute atomic E-state index is 5.88. The van der Waals surface area contributed by atoms with Gasteiger partial charge in [-0.05, 0) is 43.5 Å². The maximum Gasteiger partial charge on any atom is 0.188 e. The normalized spacial score (nSPS) is 11.5. The van der Waals surface area contributed by atoms with E-state index in [1.807, 2.05) is 18.2 Å². The van der Waals surface area contributed by atoms with Gasteiger partial charge in [0, 0.05) is 31.4 Å². The Kier molecular flexibility index (Phi) is 5.95. The third-order valence-corrected chi connectivity index (χ3v) is 3.57. The Morgan fingerprint density at radius 2 is 2.05 bits per heavy atom. The van der Waals surface area contributed by atoms with E-state index < -0.39 is 0 Å². The summed E-state index contributed by atoms with van der Waals surface area (Å²) in [7, 11) is 0. The van der Waals surface area contributed by atoms with Gasteiger partial charge in [0.1, 0.15) is 0 Å². The highest BCUT2D eigenvalue weighted by atomic mass is 15.1. The summed E-state index contributed by atoms with van der Waals surface area (Å²) in [5, 5.41) is 3.17. The second kappa shape index (κ2) is 8.17. The minimum atomic E-state index is 0.501. The molecule has 0 aliphatic carbocycles. The highest BCUT2D eigenvalue weighted by molar-refractivity contribution is 5.77. The first-order chi connectivity index (χ1) is 10.6. The van der Waals surface area contributed by atoms with Crippen LogP contribution in [0, 0.1) is 13.8 Å². The second-order valence-electron chi connectivity index (χ2n) is 5.44. The molecule has 0 spiro atoms. The minimum Gasteiger partial charge on any atom is -0.370 e. The van der Waals surface area contributed by atoms with Crippen LogP contribution in [0.4, 0.5) is 0 Å². The molecule has 0 fully saturated rings. The summed E-state index contributed by atoms with van der Waals surface area (Å²) in [5.74, 6) is 0.501. The highest BCUT2D eigenvalue weighted by Crippen LogP contribution is 2.10. The zero-order valence-corrected chi connectivity index (χ0v) is 13.3. The maximum atomic E-state index is 5.88. The molecule has 1 heterocycles. The SMILES string of the molecule is Cc1ccc(CCNC(N)=NCCc2ccccn2)c(C)c1. The number of aromatic nitrogens is 1. The average Bonchev–Trinajstić information content (AvgIpc) is 2.50. The monoisotopic (exact) mass is 296 g/mol. The summed E-state index contributed by atoms with van der Waals surface area (Å²) in [4.78, 5) is 8.59. The Labute approximate surface area is 132 Å². The first kappa shape index (κ1) is 16.0. The molecule has 4 nitrogen and oxygen atoms in total. The highest BCUT2D eigenvalue weighted by Gasteiger charge is 1.99. The van der Waals surface area contributed by atoms with Gasteiger partial charge < -0.3 is 11.1 Å². The Bertz CT molecular complexity index is 620. The van der Waals surface area contributed by atoms with Crippen LogP contribution in [0.3, 0.4) is 0 Å². The van der Waals surface area contributed by atoms with Gasteiger partial charge in [-0.3, -0.25) is 9.98 Å². The van der Waals surface area contributed by atoms with E-state index in [4.69, 9.17) is 5.73 Å². The lowest BCUT2D eigenvalue weighted by Gasteiger charge is -2.09. The molecular formula is C18H24N4. The van der Waals surface area contributed by atoms with Crippen molar-refractivity contribution >= 4 is 5.96 Å². The molecule has 4 heteroatoms. The Morgan fingerprint density at radius 3 is 2.77 bits per heavy atom. The van der Waals surface area contributed by atoms with Crippen LogP contribution in [0.25, 0.3) is 0 Å². The number of hydrogen-bond donors (Lipinski definition) is 2. The standard InChI is InChI=1S/C18H24N4/c1-14-6-7-16(15(2)13-14)8-11-21-18(19)22-12-9-17-5-3-4-10-20-17/h3-7,10,13H,8-9,11-12H2,1-2H3,(H3,19,21,22). The molecule has 0 saturated carbocycles. The number of guanidine groups is 1. The smallest absolute Gasteiger partial charge is 0.188 e. The molecule has 3 N–H and O–H groups in total. The predicted octanol–water partition coefficient (Wildman–Crippen LogP) is 2.39. The number of rotatable bonds is 6. The molecule has 2 rings (SSSR count). The Hall–Kier alpha value is -2.36. The fraction of sp³-hybridized carbons (Fsp3) is 0.333. The van der Waals surface area contributed by atoms with Crippen molar-refractivity contribution in [3.05, 3.63) is 65.0 Å². The van der Waals surface area contributed by atoms with Crippen molar-refractivity contribution in [2.75, 3.05) is 13.1 Å². The van der Waals surface area contributed by atoms with Crippen LogP contribution in [0.2, 0.25) is 0 Å². The minimum absolute atomic E-state index is 0.501.